The molecular formula is C104H42. The second-order valence-corrected chi connectivity index (χ2v) is 70.9. The van der Waals surface area contributed by atoms with E-state index < -0.39 is 0 Å². The lowest BCUT2D eigenvalue weighted by Crippen LogP contribution is -3.79. The number of fused-ring (bicyclic) bond motifs is 30. The highest BCUT2D eigenvalue weighted by Gasteiger charge is 3.90. The highest BCUT2D eigenvalue weighted by atomic mass is 15.9. The quantitative estimate of drug-likeness (QED) is 0.234. The maximum Gasteiger partial charge on any atom is -0.0000127 e. The minimum absolute atomic E-state index is 1.12. The summed E-state index contributed by atoms with van der Waals surface area (Å²) in [4.78, 5) is 0. The average Bonchev–Trinajstić information content (AvgIpc) is 0.393. The SMILES string of the molecule is C1C2C3C4C5C6C7CC8C9C%10C%11C%12C%13C%14C%15C%16C%17C%18CC%19C%20C%21C%22C%23C%24CC%25C%26C%27C%28C%29C%30C%31C%32C%33C%34C1C21C32C43C54C65C78C96C%107C%118C%129C%13%10C%14%11C%15%12C%16%13C%17%14C%19%18C%20%15C%21%16C%22%17C%23%18C%24%25C%26%19C%27%20C%28%21C%29%22C%30%23C%31%24C%32%25C%33%26C%341C21C32C43C56C74C85C96C%107C%118C%129C%13%10C%15%14C%16%11C%17%12C%18%19C%20%13C%21%14C%22%15C%23%16C%24%17C%25%18C%261C21C34C52C%181C%171C62C72C83C94C%11%10C%12%13C%144C%153C%1612. The Morgan fingerprint density at radius 1 is 0.0865 bits per heavy atom. The van der Waals surface area contributed by atoms with Gasteiger partial charge in [-0.3, -0.25) is 0 Å². The zero-order valence-electron chi connectivity index (χ0n) is 55.5. The highest BCUT2D eigenvalue weighted by Crippen LogP contribution is 3.95. The van der Waals surface area contributed by atoms with E-state index in [2.05, 4.69) is 0 Å². The van der Waals surface area contributed by atoms with E-state index in [4.69, 9.17) is 0 Å². The van der Waals surface area contributed by atoms with Crippen LogP contribution in [0.5, 0.6) is 0 Å². The summed E-state index contributed by atoms with van der Waals surface area (Å²) in [5.41, 5.74) is 76.5. The van der Waals surface area contributed by atoms with Crippen molar-refractivity contribution in [3.63, 3.8) is 0 Å². The van der Waals surface area contributed by atoms with Crippen molar-refractivity contribution in [3.05, 3.63) is 130 Å². The van der Waals surface area contributed by atoms with E-state index in [1.807, 2.05) is 25.7 Å². The fraction of sp³-hybridized carbons (Fsp3) is 1.00. The van der Waals surface area contributed by atoms with Gasteiger partial charge >= 0.3 is 0 Å². The zero-order valence-corrected chi connectivity index (χ0v) is 55.5. The van der Waals surface area contributed by atoms with Gasteiger partial charge in [0.1, 0.15) is 0 Å². The second kappa shape index (κ2) is 4.25. The molecule has 458 valence electrons. The van der Waals surface area contributed by atoms with E-state index in [1.54, 1.807) is 0 Å². The molecule has 0 N–H and O–H groups in total. The van der Waals surface area contributed by atoms with Gasteiger partial charge in [0, 0.05) is 0 Å². The van der Waals surface area contributed by atoms with Crippen LogP contribution in [-0.2, 0) is 0 Å². The Labute approximate surface area is 580 Å². The number of rotatable bonds is 0. The van der Waals surface area contributed by atoms with Crippen molar-refractivity contribution < 1.29 is 0 Å². The Balaban J connectivity index is 0.595. The minimum Gasteiger partial charge on any atom is -0.0458 e. The first-order chi connectivity index (χ1) is 51.8. The molecule has 0 amide bonds. The van der Waals surface area contributed by atoms with Crippen LogP contribution in [0.15, 0.2) is 0 Å². The van der Waals surface area contributed by atoms with Crippen molar-refractivity contribution in [2.75, 3.05) is 0 Å². The van der Waals surface area contributed by atoms with Crippen LogP contribution in [0.2, 0.25) is 0 Å². The molecule has 84 aliphatic rings. The Bertz CT molecular complexity index is 8020. The topological polar surface area (TPSA) is 0 Å². The zero-order chi connectivity index (χ0) is 55.5. The van der Waals surface area contributed by atoms with Gasteiger partial charge in [-0.1, -0.05) is 0 Å². The van der Waals surface area contributed by atoms with Gasteiger partial charge in [-0.15, -0.1) is 0 Å². The van der Waals surface area contributed by atoms with Crippen LogP contribution < -0.4 is 0 Å². The molecule has 84 rings (SSSR count). The maximum absolute atomic E-state index is 1.94. The van der Waals surface area contributed by atoms with Gasteiger partial charge in [0.15, 0.2) is 0 Å². The van der Waals surface area contributed by atoms with Crippen molar-refractivity contribution in [3.8, 4) is 0 Å². The lowest BCUT2D eigenvalue weighted by molar-refractivity contribution is -1.16. The first-order valence-corrected chi connectivity index (χ1v) is 51.8. The monoisotopic (exact) mass is 1290 g/mol. The highest BCUT2D eigenvalue weighted by molar-refractivity contribution is 6.89. The molecule has 84 saturated carbocycles. The Morgan fingerprint density at radius 2 is 0.183 bits per heavy atom. The molecule has 84 aliphatic carbocycles. The van der Waals surface area contributed by atoms with Gasteiger partial charge in [0.2, 0.25) is 0 Å². The Morgan fingerprint density at radius 3 is 0.317 bits per heavy atom. The van der Waals surface area contributed by atoms with Crippen LogP contribution in [0.25, 0.3) is 0 Å². The third-order valence-electron chi connectivity index (χ3n) is 99.2. The van der Waals surface area contributed by atoms with E-state index in [-0.39, 0.29) is 0 Å². The molecule has 84 fully saturated rings. The van der Waals surface area contributed by atoms with E-state index in [0.717, 1.165) is 184 Å². The largest absolute Gasteiger partial charge is 0.0458 e. The molecular weight excluding hydrogens is 1250 g/mol. The molecule has 0 bridgehead atoms. The molecule has 66 spiro atoms. The summed E-state index contributed by atoms with van der Waals surface area (Å²) < 4.78 is 0. The van der Waals surface area contributed by atoms with Crippen LogP contribution >= 0.6 is 0 Å². The molecule has 0 aromatic heterocycles. The van der Waals surface area contributed by atoms with E-state index in [1.165, 1.54) is 374 Å². The standard InChI is InChI=1S/C104H42/c1-5-13-21-22-14-6-2-10-18-27-31-35-38-36-32-28-20-12-4-8-16-24-23-15-7-3-11-19-26-30-34-37-33-29-25-17-9(1)39(5)43(13)51(21)52(22)44(14)40(6,10)48(18)56(27)61(31)65(35)68(38)66(36)62(32)58(28)50(20)42(8,12)46(16)54(24)53(23)45(15)41(7,11)49(19)57(26)60(30)64(34)67(37)63(33)59(29)55(25)47(17,39)69(43)73(51)74(52)70(44,48)78(56)82(61)87(65)90(68)88(66)84(62)80(58)72(46,50)76(54)75(53)71(45,49)79(57)83(60)86(64)89(67)85(63)81(59)77(55,69)91(73)92(74,78)96(82)95(81,91)99(85)100(87,96)104(90)102(88)98(84)94(76,80)93(75,79)97(83,98)101(86,102)103(89,99)104/h5-38H,1-4H2. The molecule has 0 nitrogen and oxygen atoms in total. The van der Waals surface area contributed by atoms with Crippen molar-refractivity contribution >= 4 is 0 Å². The van der Waals surface area contributed by atoms with Crippen molar-refractivity contribution in [1.82, 2.24) is 0 Å². The first-order valence-electron chi connectivity index (χ1n) is 51.8. The maximum atomic E-state index is 1.94. The number of hydrogen-bond donors (Lipinski definition) is 0. The predicted octanol–water partition coefficient (Wildman–Crippen LogP) is 7.69. The summed E-state index contributed by atoms with van der Waals surface area (Å²) in [5, 5.41) is 0. The molecule has 92 unspecified atom stereocenters. The molecule has 0 radical (unpaired) electrons. The van der Waals surface area contributed by atoms with Crippen molar-refractivity contribution in [2.24, 2.45) is 429 Å². The van der Waals surface area contributed by atoms with Crippen LogP contribution in [0.1, 0.15) is 25.7 Å². The second-order valence-electron chi connectivity index (χ2n) is 70.9. The van der Waals surface area contributed by atoms with Crippen molar-refractivity contribution in [2.45, 2.75) is 25.7 Å². The molecule has 0 heterocycles. The van der Waals surface area contributed by atoms with E-state index in [9.17, 15) is 0 Å². The molecule has 0 saturated heterocycles. The fourth-order valence-electron chi connectivity index (χ4n) is 133. The fourth-order valence-corrected chi connectivity index (χ4v) is 133. The van der Waals surface area contributed by atoms with Crippen LogP contribution in [0.3, 0.4) is 0 Å². The third-order valence-corrected chi connectivity index (χ3v) is 99.2. The molecule has 0 heteroatoms. The minimum atomic E-state index is 1.12. The van der Waals surface area contributed by atoms with Crippen LogP contribution in [0.4, 0.5) is 0 Å². The summed E-state index contributed by atoms with van der Waals surface area (Å²) in [6.45, 7) is 0. The molecule has 0 aromatic rings. The van der Waals surface area contributed by atoms with Gasteiger partial charge in [-0.05, 0) is 584 Å². The number of hydrogen-bond acceptors (Lipinski definition) is 0. The Kier molecular flexibility index (Phi) is 1.29. The molecule has 0 aliphatic heterocycles. The van der Waals surface area contributed by atoms with Gasteiger partial charge in [-0.25, -0.2) is 0 Å². The van der Waals surface area contributed by atoms with E-state index in [0.29, 0.717) is 0 Å². The van der Waals surface area contributed by atoms with Gasteiger partial charge < -0.3 is 0 Å². The van der Waals surface area contributed by atoms with Crippen molar-refractivity contribution in [1.29, 1.82) is 0 Å². The smallest absolute Gasteiger partial charge is 0.0000127 e. The summed E-state index contributed by atoms with van der Waals surface area (Å²) in [6, 6.07) is 0. The molecule has 104 heavy (non-hydrogen) atoms. The van der Waals surface area contributed by atoms with Gasteiger partial charge in [0.05, 0.1) is 0 Å². The third kappa shape index (κ3) is 0.550. The summed E-state index contributed by atoms with van der Waals surface area (Å²) in [7, 11) is 0. The summed E-state index contributed by atoms with van der Waals surface area (Å²) >= 11 is 0. The average molecular weight is 1290 g/mol. The van der Waals surface area contributed by atoms with E-state index >= 15 is 0 Å². The van der Waals surface area contributed by atoms with Gasteiger partial charge in [0.25, 0.3) is 0 Å². The first kappa shape index (κ1) is 31.6. The normalized spacial score (nSPS) is 158. The Hall–Kier alpha value is 0. The lowest BCUT2D eigenvalue weighted by Gasteiger charge is -3.83. The summed E-state index contributed by atoms with van der Waals surface area (Å²) in [6.07, 6.45) is 7.77. The molecule has 0 aromatic carbocycles. The van der Waals surface area contributed by atoms with Crippen LogP contribution in [-0.4, -0.2) is 0 Å². The van der Waals surface area contributed by atoms with Gasteiger partial charge in [-0.2, -0.15) is 0 Å². The molecule has 92 atom stereocenters. The predicted molar refractivity (Wildman–Crippen MR) is 317 cm³/mol. The summed E-state index contributed by atoms with van der Waals surface area (Å²) in [5.74, 6) is 49.6. The lowest BCUT2D eigenvalue weighted by atomic mass is 8.18. The van der Waals surface area contributed by atoms with Crippen LogP contribution in [0, 0.1) is 559 Å².